The molecule has 21 heavy (non-hydrogen) atoms. The molecule has 0 saturated heterocycles. The van der Waals surface area contributed by atoms with E-state index < -0.39 is 0 Å². The molecule has 2 aromatic carbocycles. The highest BCUT2D eigenvalue weighted by molar-refractivity contribution is 5.84. The molecule has 112 valence electrons. The molecule has 0 bridgehead atoms. The van der Waals surface area contributed by atoms with E-state index in [2.05, 4.69) is 63.4 Å². The van der Waals surface area contributed by atoms with Crippen LogP contribution < -0.4 is 0 Å². The molecule has 2 unspecified atom stereocenters. The molecule has 0 nitrogen and oxygen atoms in total. The maximum absolute atomic E-state index is 3.00. The molecule has 3 rings (SSSR count). The van der Waals surface area contributed by atoms with Crippen molar-refractivity contribution < 1.29 is 0 Å². The summed E-state index contributed by atoms with van der Waals surface area (Å²) in [5.41, 5.74) is 3.21. The van der Waals surface area contributed by atoms with Crippen LogP contribution in [0.15, 0.2) is 49.6 Å². The van der Waals surface area contributed by atoms with Crippen LogP contribution >= 0.6 is 0 Å². The molecule has 1 aliphatic rings. The zero-order chi connectivity index (χ0) is 15.2. The maximum Gasteiger partial charge on any atom is -0.0156 e. The first kappa shape index (κ1) is 15.8. The van der Waals surface area contributed by atoms with Crippen molar-refractivity contribution in [2.75, 3.05) is 0 Å². The van der Waals surface area contributed by atoms with Crippen LogP contribution in [-0.4, -0.2) is 0 Å². The smallest absolute Gasteiger partial charge is 0.0156 e. The van der Waals surface area contributed by atoms with E-state index in [1.54, 1.807) is 11.1 Å². The second kappa shape index (κ2) is 7.45. The van der Waals surface area contributed by atoms with E-state index in [4.69, 9.17) is 0 Å². The van der Waals surface area contributed by atoms with E-state index in [1.165, 1.54) is 36.5 Å². The molecule has 0 heteroatoms. The first-order valence-electron chi connectivity index (χ1n) is 8.33. The molecule has 0 aliphatic heterocycles. The summed E-state index contributed by atoms with van der Waals surface area (Å²) < 4.78 is 0. The first-order chi connectivity index (χ1) is 10.3. The summed E-state index contributed by atoms with van der Waals surface area (Å²) in [6.45, 7) is 10.6. The summed E-state index contributed by atoms with van der Waals surface area (Å²) in [4.78, 5) is 0. The van der Waals surface area contributed by atoms with Crippen molar-refractivity contribution in [2.45, 2.75) is 51.9 Å². The summed E-state index contributed by atoms with van der Waals surface area (Å²) in [6.07, 6.45) is 6.74. The largest absolute Gasteiger partial charge is 0.106 e. The van der Waals surface area contributed by atoms with Crippen molar-refractivity contribution in [3.8, 4) is 0 Å². The molecule has 1 fully saturated rings. The number of rotatable bonds is 3. The van der Waals surface area contributed by atoms with Gasteiger partial charge in [-0.3, -0.25) is 0 Å². The summed E-state index contributed by atoms with van der Waals surface area (Å²) in [5.74, 6) is 1.77. The van der Waals surface area contributed by atoms with Gasteiger partial charge < -0.3 is 0 Å². The Morgan fingerprint density at radius 1 is 1.00 bits per heavy atom. The fraction of sp³-hybridized carbons (Fsp3) is 0.429. The third-order valence-corrected chi connectivity index (χ3v) is 4.95. The minimum atomic E-state index is 0.810. The monoisotopic (exact) mass is 280 g/mol. The fourth-order valence-electron chi connectivity index (χ4n) is 3.72. The van der Waals surface area contributed by atoms with Gasteiger partial charge >= 0.3 is 0 Å². The van der Waals surface area contributed by atoms with Crippen molar-refractivity contribution in [3.05, 3.63) is 60.7 Å². The highest BCUT2D eigenvalue weighted by atomic mass is 14.3. The SMILES string of the molecule is C=C.CCc1cc2ccccc2cc1C1CCC(CC)C1. The molecular formula is C21H28. The van der Waals surface area contributed by atoms with Crippen LogP contribution in [0.1, 0.15) is 56.6 Å². The van der Waals surface area contributed by atoms with Gasteiger partial charge in [-0.25, -0.2) is 0 Å². The molecular weight excluding hydrogens is 252 g/mol. The normalized spacial score (nSPS) is 21.0. The minimum Gasteiger partial charge on any atom is -0.106 e. The molecule has 1 aliphatic carbocycles. The minimum absolute atomic E-state index is 0.810. The Labute approximate surface area is 129 Å². The van der Waals surface area contributed by atoms with E-state index in [1.807, 2.05) is 0 Å². The summed E-state index contributed by atoms with van der Waals surface area (Å²) in [7, 11) is 0. The van der Waals surface area contributed by atoms with Gasteiger partial charge in [-0.2, -0.15) is 0 Å². The summed E-state index contributed by atoms with van der Waals surface area (Å²) in [5, 5.41) is 2.81. The second-order valence-electron chi connectivity index (χ2n) is 6.04. The standard InChI is InChI=1S/C19H24.C2H4/c1-3-14-9-10-18(11-14)19-13-17-8-6-5-7-16(17)12-15(19)4-2;1-2/h5-8,12-14,18H,3-4,9-11H2,1-2H3;1-2H2. The highest BCUT2D eigenvalue weighted by Gasteiger charge is 2.26. The van der Waals surface area contributed by atoms with Crippen LogP contribution in [0.5, 0.6) is 0 Å². The summed E-state index contributed by atoms with van der Waals surface area (Å²) >= 11 is 0. The lowest BCUT2D eigenvalue weighted by Gasteiger charge is -2.16. The Kier molecular flexibility index (Phi) is 5.61. The lowest BCUT2D eigenvalue weighted by molar-refractivity contribution is 0.521. The van der Waals surface area contributed by atoms with E-state index in [0.29, 0.717) is 0 Å². The van der Waals surface area contributed by atoms with Crippen molar-refractivity contribution in [2.24, 2.45) is 5.92 Å². The Bertz CT molecular complexity index is 582. The molecule has 1 saturated carbocycles. The van der Waals surface area contributed by atoms with Gasteiger partial charge in [-0.15, -0.1) is 13.2 Å². The van der Waals surface area contributed by atoms with Crippen LogP contribution in [0.3, 0.4) is 0 Å². The predicted molar refractivity (Wildman–Crippen MR) is 95.0 cm³/mol. The second-order valence-corrected chi connectivity index (χ2v) is 6.04. The summed E-state index contributed by atoms with van der Waals surface area (Å²) in [6, 6.07) is 13.7. The van der Waals surface area contributed by atoms with Crippen LogP contribution in [0, 0.1) is 5.92 Å². The molecule has 0 N–H and O–H groups in total. The number of fused-ring (bicyclic) bond motifs is 1. The van der Waals surface area contributed by atoms with Crippen molar-refractivity contribution in [1.29, 1.82) is 0 Å². The molecule has 0 spiro atoms. The highest BCUT2D eigenvalue weighted by Crippen LogP contribution is 2.41. The fourth-order valence-corrected chi connectivity index (χ4v) is 3.72. The van der Waals surface area contributed by atoms with Gasteiger partial charge in [-0.05, 0) is 59.4 Å². The molecule has 0 amide bonds. The topological polar surface area (TPSA) is 0 Å². The average molecular weight is 280 g/mol. The Morgan fingerprint density at radius 3 is 2.24 bits per heavy atom. The molecule has 0 aromatic heterocycles. The van der Waals surface area contributed by atoms with Crippen molar-refractivity contribution in [3.63, 3.8) is 0 Å². The quantitative estimate of drug-likeness (QED) is 0.563. The molecule has 2 atom stereocenters. The van der Waals surface area contributed by atoms with E-state index in [9.17, 15) is 0 Å². The lowest BCUT2D eigenvalue weighted by Crippen LogP contribution is -2.00. The van der Waals surface area contributed by atoms with Crippen LogP contribution in [-0.2, 0) is 6.42 Å². The van der Waals surface area contributed by atoms with Gasteiger partial charge in [0, 0.05) is 0 Å². The molecule has 2 aromatic rings. The van der Waals surface area contributed by atoms with Crippen molar-refractivity contribution >= 4 is 10.8 Å². The zero-order valence-corrected chi connectivity index (χ0v) is 13.6. The molecule has 0 radical (unpaired) electrons. The Hall–Kier alpha value is -1.56. The number of hydrogen-bond acceptors (Lipinski definition) is 0. The number of hydrogen-bond donors (Lipinski definition) is 0. The van der Waals surface area contributed by atoms with E-state index in [0.717, 1.165) is 18.3 Å². The van der Waals surface area contributed by atoms with Crippen LogP contribution in [0.25, 0.3) is 10.8 Å². The van der Waals surface area contributed by atoms with Gasteiger partial charge in [0.15, 0.2) is 0 Å². The van der Waals surface area contributed by atoms with Gasteiger partial charge in [0.1, 0.15) is 0 Å². The average Bonchev–Trinajstić information content (AvgIpc) is 3.04. The maximum atomic E-state index is 3.00. The predicted octanol–water partition coefficient (Wildman–Crippen LogP) is 6.50. The zero-order valence-electron chi connectivity index (χ0n) is 13.6. The van der Waals surface area contributed by atoms with E-state index in [-0.39, 0.29) is 0 Å². The van der Waals surface area contributed by atoms with Crippen molar-refractivity contribution in [1.82, 2.24) is 0 Å². The van der Waals surface area contributed by atoms with Gasteiger partial charge in [0.05, 0.1) is 0 Å². The van der Waals surface area contributed by atoms with Crippen LogP contribution in [0.4, 0.5) is 0 Å². The Balaban J connectivity index is 0.000000774. The lowest BCUT2D eigenvalue weighted by atomic mass is 9.88. The van der Waals surface area contributed by atoms with E-state index >= 15 is 0 Å². The third-order valence-electron chi connectivity index (χ3n) is 4.95. The number of aryl methyl sites for hydroxylation is 1. The Morgan fingerprint density at radius 2 is 1.67 bits per heavy atom. The van der Waals surface area contributed by atoms with Gasteiger partial charge in [0.25, 0.3) is 0 Å². The van der Waals surface area contributed by atoms with Gasteiger partial charge in [-0.1, -0.05) is 56.7 Å². The van der Waals surface area contributed by atoms with Crippen LogP contribution in [0.2, 0.25) is 0 Å². The third kappa shape index (κ3) is 3.37. The number of benzene rings is 2. The van der Waals surface area contributed by atoms with Gasteiger partial charge in [0.2, 0.25) is 0 Å². The molecule has 0 heterocycles. The first-order valence-corrected chi connectivity index (χ1v) is 8.33.